The lowest BCUT2D eigenvalue weighted by atomic mass is 10.5. The fourth-order valence-electron chi connectivity index (χ4n) is 0.385. The Balaban J connectivity index is 2.96. The molecule has 0 saturated carbocycles. The van der Waals surface area contributed by atoms with Gasteiger partial charge in [-0.05, 0) is 12.8 Å². The van der Waals surface area contributed by atoms with Crippen LogP contribution in [0.2, 0.25) is 0 Å². The first-order valence-corrected chi connectivity index (χ1v) is 2.59. The Morgan fingerprint density at radius 1 is 1.50 bits per heavy atom. The van der Waals surface area contributed by atoms with Crippen molar-refractivity contribution in [1.29, 1.82) is 0 Å². The van der Waals surface area contributed by atoms with E-state index in [2.05, 4.69) is 23.1 Å². The van der Waals surface area contributed by atoms with Gasteiger partial charge in [0.25, 0.3) is 0 Å². The Bertz CT molecular complexity index is 229. The summed E-state index contributed by atoms with van der Waals surface area (Å²) in [4.78, 5) is 0. The fourth-order valence-corrected chi connectivity index (χ4v) is 0.534. The van der Waals surface area contributed by atoms with E-state index in [4.69, 9.17) is 0 Å². The molecule has 0 amide bonds. The third kappa shape index (κ3) is 1.41. The smallest absolute Gasteiger partial charge is 0.196 e. The molecule has 0 aliphatic carbocycles. The molecule has 0 fully saturated rings. The van der Waals surface area contributed by atoms with Crippen molar-refractivity contribution in [1.82, 2.24) is 14.4 Å². The van der Waals surface area contributed by atoms with E-state index in [1.807, 2.05) is 0 Å². The molecule has 0 aromatic carbocycles. The van der Waals surface area contributed by atoms with Crippen LogP contribution in [-0.4, -0.2) is 14.4 Å². The van der Waals surface area contributed by atoms with Crippen LogP contribution in [0.4, 0.5) is 13.2 Å². The van der Waals surface area contributed by atoms with Gasteiger partial charge in [-0.25, -0.2) is 0 Å². The van der Waals surface area contributed by atoms with Crippen molar-refractivity contribution in [3.63, 3.8) is 0 Å². The van der Waals surface area contributed by atoms with Gasteiger partial charge in [0, 0.05) is 0 Å². The lowest BCUT2D eigenvalue weighted by Crippen LogP contribution is -2.04. The SMILES string of the molecule is FC(F)(F)c1cn(S)nn1. The first-order chi connectivity index (χ1) is 4.50. The molecule has 0 radical (unpaired) electrons. The van der Waals surface area contributed by atoms with Crippen molar-refractivity contribution in [3.05, 3.63) is 11.9 Å². The Labute approximate surface area is 59.4 Å². The highest BCUT2D eigenvalue weighted by Crippen LogP contribution is 2.26. The number of nitrogens with zero attached hydrogens (tertiary/aromatic N) is 3. The lowest BCUT2D eigenvalue weighted by molar-refractivity contribution is -0.141. The predicted molar refractivity (Wildman–Crippen MR) is 29.4 cm³/mol. The largest absolute Gasteiger partial charge is 0.436 e. The van der Waals surface area contributed by atoms with Crippen LogP contribution in [0, 0.1) is 0 Å². The Kier molecular flexibility index (Phi) is 1.59. The molecule has 0 unspecified atom stereocenters. The van der Waals surface area contributed by atoms with Crippen LogP contribution in [0.25, 0.3) is 0 Å². The minimum absolute atomic E-state index is 0.684. The van der Waals surface area contributed by atoms with Crippen LogP contribution in [-0.2, 0) is 6.18 Å². The zero-order valence-electron chi connectivity index (χ0n) is 4.50. The Morgan fingerprint density at radius 3 is 2.30 bits per heavy atom. The summed E-state index contributed by atoms with van der Waals surface area (Å²) in [6.45, 7) is 0. The molecule has 0 aliphatic heterocycles. The van der Waals surface area contributed by atoms with E-state index in [1.165, 1.54) is 0 Å². The minimum atomic E-state index is -4.43. The zero-order chi connectivity index (χ0) is 7.78. The predicted octanol–water partition coefficient (Wildman–Crippen LogP) is 0.990. The van der Waals surface area contributed by atoms with Crippen molar-refractivity contribution in [2.45, 2.75) is 6.18 Å². The normalized spacial score (nSPS) is 12.0. The quantitative estimate of drug-likeness (QED) is 0.587. The standard InChI is InChI=1S/C3H2F3N3S/c4-3(5,6)2-1-9(10)8-7-2/h1,10H. The molecule has 1 aromatic heterocycles. The summed E-state index contributed by atoms with van der Waals surface area (Å²) in [7, 11) is 0. The number of hydrogen-bond acceptors (Lipinski definition) is 3. The maximum absolute atomic E-state index is 11.7. The van der Waals surface area contributed by atoms with E-state index < -0.39 is 11.9 Å². The van der Waals surface area contributed by atoms with Gasteiger partial charge >= 0.3 is 6.18 Å². The third-order valence-electron chi connectivity index (χ3n) is 0.772. The minimum Gasteiger partial charge on any atom is -0.196 e. The molecule has 0 spiro atoms. The van der Waals surface area contributed by atoms with Gasteiger partial charge < -0.3 is 0 Å². The first kappa shape index (κ1) is 7.39. The second kappa shape index (κ2) is 2.15. The van der Waals surface area contributed by atoms with Crippen LogP contribution < -0.4 is 0 Å². The van der Waals surface area contributed by atoms with Crippen LogP contribution in [0.5, 0.6) is 0 Å². The van der Waals surface area contributed by atoms with Crippen molar-refractivity contribution in [2.75, 3.05) is 0 Å². The monoisotopic (exact) mass is 169 g/mol. The van der Waals surface area contributed by atoms with Crippen molar-refractivity contribution >= 4 is 12.8 Å². The second-order valence-electron chi connectivity index (χ2n) is 1.52. The van der Waals surface area contributed by atoms with Gasteiger partial charge in [-0.1, -0.05) is 5.21 Å². The number of thiol groups is 1. The molecule has 3 nitrogen and oxygen atoms in total. The van der Waals surface area contributed by atoms with Gasteiger partial charge in [0.05, 0.1) is 6.20 Å². The van der Waals surface area contributed by atoms with Crippen LogP contribution in [0.3, 0.4) is 0 Å². The molecule has 0 bridgehead atoms. The number of rotatable bonds is 0. The summed E-state index contributed by atoms with van der Waals surface area (Å²) in [5.74, 6) is 0. The number of alkyl halides is 3. The van der Waals surface area contributed by atoms with Crippen LogP contribution in [0.15, 0.2) is 6.20 Å². The Morgan fingerprint density at radius 2 is 2.10 bits per heavy atom. The molecular formula is C3H2F3N3S. The summed E-state index contributed by atoms with van der Waals surface area (Å²) in [6, 6.07) is 0. The summed E-state index contributed by atoms with van der Waals surface area (Å²) in [5, 5.41) is 5.79. The van der Waals surface area contributed by atoms with Gasteiger partial charge in [0.2, 0.25) is 0 Å². The highest BCUT2D eigenvalue weighted by Gasteiger charge is 2.34. The van der Waals surface area contributed by atoms with Crippen LogP contribution in [0.1, 0.15) is 5.69 Å². The van der Waals surface area contributed by atoms with E-state index in [0.29, 0.717) is 10.3 Å². The van der Waals surface area contributed by atoms with Crippen molar-refractivity contribution in [3.8, 4) is 0 Å². The average Bonchev–Trinajstić information content (AvgIpc) is 2.11. The second-order valence-corrected chi connectivity index (χ2v) is 1.93. The summed E-state index contributed by atoms with van der Waals surface area (Å²) < 4.78 is 35.7. The highest BCUT2D eigenvalue weighted by atomic mass is 32.1. The maximum atomic E-state index is 11.7. The van der Waals surface area contributed by atoms with Crippen molar-refractivity contribution < 1.29 is 13.2 Å². The van der Waals surface area contributed by atoms with E-state index in [0.717, 1.165) is 0 Å². The highest BCUT2D eigenvalue weighted by molar-refractivity contribution is 7.78. The average molecular weight is 169 g/mol. The molecular weight excluding hydrogens is 167 g/mol. The molecule has 0 atom stereocenters. The number of hydrogen-bond donors (Lipinski definition) is 1. The van der Waals surface area contributed by atoms with E-state index in [-0.39, 0.29) is 0 Å². The first-order valence-electron chi connectivity index (χ1n) is 2.19. The zero-order valence-corrected chi connectivity index (χ0v) is 5.39. The molecule has 1 heterocycles. The molecule has 56 valence electrons. The van der Waals surface area contributed by atoms with Crippen molar-refractivity contribution in [2.24, 2.45) is 0 Å². The number of halogens is 3. The van der Waals surface area contributed by atoms with E-state index >= 15 is 0 Å². The fraction of sp³-hybridized carbons (Fsp3) is 0.333. The molecule has 0 aliphatic rings. The molecule has 0 saturated heterocycles. The summed E-state index contributed by atoms with van der Waals surface area (Å²) in [5.41, 5.74) is -1.04. The van der Waals surface area contributed by atoms with Crippen LogP contribution >= 0.6 is 12.8 Å². The topological polar surface area (TPSA) is 30.7 Å². The lowest BCUT2D eigenvalue weighted by Gasteiger charge is -1.97. The van der Waals surface area contributed by atoms with E-state index in [1.54, 1.807) is 0 Å². The molecule has 10 heavy (non-hydrogen) atoms. The molecule has 1 aromatic rings. The molecule has 7 heteroatoms. The molecule has 1 rings (SSSR count). The van der Waals surface area contributed by atoms with E-state index in [9.17, 15) is 13.2 Å². The Hall–Kier alpha value is -0.720. The van der Waals surface area contributed by atoms with Gasteiger partial charge in [-0.15, -0.1) is 5.10 Å². The third-order valence-corrected chi connectivity index (χ3v) is 0.968. The summed E-state index contributed by atoms with van der Waals surface area (Å²) in [6.07, 6.45) is -3.75. The molecule has 0 N–H and O–H groups in total. The maximum Gasteiger partial charge on any atom is 0.436 e. The van der Waals surface area contributed by atoms with Gasteiger partial charge in [0.15, 0.2) is 5.69 Å². The van der Waals surface area contributed by atoms with Gasteiger partial charge in [-0.3, -0.25) is 0 Å². The summed E-state index contributed by atoms with van der Waals surface area (Å²) >= 11 is 3.48. The van der Waals surface area contributed by atoms with Gasteiger partial charge in [0.1, 0.15) is 0 Å². The number of aromatic nitrogens is 3. The van der Waals surface area contributed by atoms with Gasteiger partial charge in [-0.2, -0.15) is 17.3 Å².